The maximum absolute atomic E-state index is 13.4. The number of aromatic nitrogens is 2. The van der Waals surface area contributed by atoms with Crippen LogP contribution in [0.15, 0.2) is 66.0 Å². The molecule has 0 bridgehead atoms. The summed E-state index contributed by atoms with van der Waals surface area (Å²) in [6, 6.07) is 16.8. The largest absolute Gasteiger partial charge is 0.325 e. The van der Waals surface area contributed by atoms with Gasteiger partial charge < -0.3 is 5.32 Å². The summed E-state index contributed by atoms with van der Waals surface area (Å²) in [5, 5.41) is 4.02. The Morgan fingerprint density at radius 1 is 1.03 bits per heavy atom. The number of rotatable bonds is 6. The number of imidazole rings is 1. The number of benzene rings is 2. The van der Waals surface area contributed by atoms with Gasteiger partial charge in [0.1, 0.15) is 0 Å². The molecule has 5 nitrogen and oxygen atoms in total. The third-order valence-electron chi connectivity index (χ3n) is 5.43. The molecule has 1 amide bonds. The molecular weight excluding hydrogens is 430 g/mol. The molecule has 2 aromatic carbocycles. The van der Waals surface area contributed by atoms with Gasteiger partial charge in [0.2, 0.25) is 11.8 Å². The van der Waals surface area contributed by atoms with E-state index in [-0.39, 0.29) is 23.5 Å². The quantitative estimate of drug-likeness (QED) is 0.454. The predicted molar refractivity (Wildman–Crippen MR) is 126 cm³/mol. The molecule has 1 aliphatic carbocycles. The molecule has 0 unspecified atom stereocenters. The summed E-state index contributed by atoms with van der Waals surface area (Å²) < 4.78 is 1.71. The van der Waals surface area contributed by atoms with Crippen molar-refractivity contribution in [1.82, 2.24) is 9.55 Å². The SMILES string of the molecule is O=C(CSc1ncc(-c2ccccc2)n1C(=O)C1CCCCC1)Nc1ccc(Cl)cc1. The van der Waals surface area contributed by atoms with Crippen LogP contribution in [0.2, 0.25) is 5.02 Å². The van der Waals surface area contributed by atoms with Gasteiger partial charge in [-0.1, -0.05) is 73.0 Å². The van der Waals surface area contributed by atoms with Crippen LogP contribution < -0.4 is 5.32 Å². The molecule has 0 radical (unpaired) electrons. The number of thioether (sulfide) groups is 1. The lowest BCUT2D eigenvalue weighted by atomic mass is 9.88. The van der Waals surface area contributed by atoms with Gasteiger partial charge in [-0.25, -0.2) is 4.98 Å². The van der Waals surface area contributed by atoms with Crippen molar-refractivity contribution in [2.24, 2.45) is 5.92 Å². The van der Waals surface area contributed by atoms with E-state index in [0.29, 0.717) is 15.9 Å². The average molecular weight is 454 g/mol. The molecule has 1 heterocycles. The maximum Gasteiger partial charge on any atom is 0.236 e. The van der Waals surface area contributed by atoms with Crippen LogP contribution in [0.4, 0.5) is 5.69 Å². The van der Waals surface area contributed by atoms with Crippen molar-refractivity contribution in [1.29, 1.82) is 0 Å². The summed E-state index contributed by atoms with van der Waals surface area (Å²) in [6.07, 6.45) is 6.90. The molecule has 160 valence electrons. The van der Waals surface area contributed by atoms with E-state index in [1.54, 1.807) is 35.0 Å². The molecule has 31 heavy (non-hydrogen) atoms. The standard InChI is InChI=1S/C24H24ClN3O2S/c25-19-11-13-20(14-12-19)27-22(29)16-31-24-26-15-21(17-7-3-1-4-8-17)28(24)23(30)18-9-5-2-6-10-18/h1,3-4,7-8,11-15,18H,2,5-6,9-10,16H2,(H,27,29). The second-order valence-corrected chi connectivity index (χ2v) is 9.02. The second kappa shape index (κ2) is 10.2. The number of carbonyl (C=O) groups is 2. The Bertz CT molecular complexity index is 1040. The van der Waals surface area contributed by atoms with E-state index >= 15 is 0 Å². The number of nitrogens with zero attached hydrogens (tertiary/aromatic N) is 2. The van der Waals surface area contributed by atoms with E-state index in [1.807, 2.05) is 30.3 Å². The zero-order valence-electron chi connectivity index (χ0n) is 17.1. The summed E-state index contributed by atoms with van der Waals surface area (Å²) in [4.78, 5) is 30.4. The molecule has 0 atom stereocenters. The first kappa shape index (κ1) is 21.7. The molecule has 1 aliphatic rings. The minimum atomic E-state index is -0.159. The van der Waals surface area contributed by atoms with Crippen molar-refractivity contribution in [2.75, 3.05) is 11.1 Å². The van der Waals surface area contributed by atoms with E-state index < -0.39 is 0 Å². The molecule has 0 saturated heterocycles. The average Bonchev–Trinajstić information content (AvgIpc) is 3.24. The van der Waals surface area contributed by atoms with Gasteiger partial charge in [-0.05, 0) is 37.1 Å². The molecule has 1 saturated carbocycles. The minimum Gasteiger partial charge on any atom is -0.325 e. The third-order valence-corrected chi connectivity index (χ3v) is 6.64. The molecular formula is C24H24ClN3O2S. The van der Waals surface area contributed by atoms with Crippen LogP contribution in [0.5, 0.6) is 0 Å². The van der Waals surface area contributed by atoms with Crippen molar-refractivity contribution in [3.05, 3.63) is 65.8 Å². The summed E-state index contributed by atoms with van der Waals surface area (Å²) in [6.45, 7) is 0. The number of hydrogen-bond acceptors (Lipinski definition) is 4. The fourth-order valence-electron chi connectivity index (χ4n) is 3.85. The Morgan fingerprint density at radius 3 is 2.45 bits per heavy atom. The van der Waals surface area contributed by atoms with Gasteiger partial charge in [-0.2, -0.15) is 0 Å². The number of carbonyl (C=O) groups excluding carboxylic acids is 2. The normalized spacial score (nSPS) is 14.4. The predicted octanol–water partition coefficient (Wildman–Crippen LogP) is 6.15. The fraction of sp³-hybridized carbons (Fsp3) is 0.292. The highest BCUT2D eigenvalue weighted by Crippen LogP contribution is 2.31. The molecule has 1 aromatic heterocycles. The number of anilines is 1. The van der Waals surface area contributed by atoms with Crippen LogP contribution in [-0.2, 0) is 4.79 Å². The minimum absolute atomic E-state index is 0.00709. The van der Waals surface area contributed by atoms with E-state index in [2.05, 4.69) is 10.3 Å². The number of nitrogens with one attached hydrogen (secondary N) is 1. The van der Waals surface area contributed by atoms with E-state index in [4.69, 9.17) is 11.6 Å². The van der Waals surface area contributed by atoms with Crippen molar-refractivity contribution in [2.45, 2.75) is 37.3 Å². The topological polar surface area (TPSA) is 64.0 Å². The summed E-state index contributed by atoms with van der Waals surface area (Å²) in [5.74, 6) is 0.0869. The Hall–Kier alpha value is -2.57. The van der Waals surface area contributed by atoms with Gasteiger partial charge in [0.25, 0.3) is 0 Å². The zero-order chi connectivity index (χ0) is 21.6. The lowest BCUT2D eigenvalue weighted by Gasteiger charge is -2.22. The second-order valence-electron chi connectivity index (χ2n) is 7.64. The zero-order valence-corrected chi connectivity index (χ0v) is 18.7. The highest BCUT2D eigenvalue weighted by molar-refractivity contribution is 7.99. The smallest absolute Gasteiger partial charge is 0.236 e. The van der Waals surface area contributed by atoms with Crippen molar-refractivity contribution >= 4 is 40.9 Å². The summed E-state index contributed by atoms with van der Waals surface area (Å²) in [7, 11) is 0. The van der Waals surface area contributed by atoms with Gasteiger partial charge in [-0.3, -0.25) is 14.2 Å². The molecule has 1 N–H and O–H groups in total. The number of halogens is 1. The molecule has 0 aliphatic heterocycles. The number of amides is 1. The highest BCUT2D eigenvalue weighted by atomic mass is 35.5. The maximum atomic E-state index is 13.4. The molecule has 0 spiro atoms. The van der Waals surface area contributed by atoms with Crippen molar-refractivity contribution in [3.63, 3.8) is 0 Å². The molecule has 4 rings (SSSR count). The van der Waals surface area contributed by atoms with E-state index in [0.717, 1.165) is 36.9 Å². The molecule has 7 heteroatoms. The monoisotopic (exact) mass is 453 g/mol. The highest BCUT2D eigenvalue weighted by Gasteiger charge is 2.27. The first-order chi connectivity index (χ1) is 15.1. The van der Waals surface area contributed by atoms with Gasteiger partial charge in [0.05, 0.1) is 17.6 Å². The third kappa shape index (κ3) is 5.38. The van der Waals surface area contributed by atoms with Gasteiger partial charge in [0.15, 0.2) is 5.16 Å². The Kier molecular flexibility index (Phi) is 7.10. The van der Waals surface area contributed by atoms with Crippen LogP contribution in [-0.4, -0.2) is 27.1 Å². The van der Waals surface area contributed by atoms with Crippen LogP contribution in [0.25, 0.3) is 11.3 Å². The number of hydrogen-bond donors (Lipinski definition) is 1. The van der Waals surface area contributed by atoms with Crippen LogP contribution in [0.1, 0.15) is 36.9 Å². The van der Waals surface area contributed by atoms with Crippen LogP contribution in [0.3, 0.4) is 0 Å². The fourth-order valence-corrected chi connectivity index (χ4v) is 4.76. The lowest BCUT2D eigenvalue weighted by molar-refractivity contribution is -0.113. The first-order valence-corrected chi connectivity index (χ1v) is 11.8. The van der Waals surface area contributed by atoms with E-state index in [9.17, 15) is 9.59 Å². The van der Waals surface area contributed by atoms with Gasteiger partial charge in [-0.15, -0.1) is 0 Å². The Morgan fingerprint density at radius 2 is 1.74 bits per heavy atom. The van der Waals surface area contributed by atoms with Gasteiger partial charge in [0, 0.05) is 22.2 Å². The van der Waals surface area contributed by atoms with Crippen LogP contribution in [0, 0.1) is 5.92 Å². The lowest BCUT2D eigenvalue weighted by Crippen LogP contribution is -2.25. The molecule has 1 fully saturated rings. The van der Waals surface area contributed by atoms with Crippen molar-refractivity contribution in [3.8, 4) is 11.3 Å². The van der Waals surface area contributed by atoms with Crippen molar-refractivity contribution < 1.29 is 9.59 Å². The van der Waals surface area contributed by atoms with Gasteiger partial charge >= 0.3 is 0 Å². The summed E-state index contributed by atoms with van der Waals surface area (Å²) >= 11 is 7.17. The Balaban J connectivity index is 1.53. The van der Waals surface area contributed by atoms with E-state index in [1.165, 1.54) is 18.2 Å². The van der Waals surface area contributed by atoms with Crippen LogP contribution >= 0.6 is 23.4 Å². The first-order valence-electron chi connectivity index (χ1n) is 10.5. The summed E-state index contributed by atoms with van der Waals surface area (Å²) in [5.41, 5.74) is 2.40. The molecule has 3 aromatic rings. The Labute approximate surface area is 191 Å².